The van der Waals surface area contributed by atoms with Gasteiger partial charge in [0.1, 0.15) is 5.49 Å². The third-order valence-corrected chi connectivity index (χ3v) is 5.92. The topological polar surface area (TPSA) is 109 Å². The summed E-state index contributed by atoms with van der Waals surface area (Å²) in [7, 11) is 1.59. The molecule has 2 aromatic heterocycles. The summed E-state index contributed by atoms with van der Waals surface area (Å²) in [6, 6.07) is 7.22. The molecule has 3 aromatic rings. The highest BCUT2D eigenvalue weighted by atomic mass is 35.5. The van der Waals surface area contributed by atoms with Crippen molar-refractivity contribution in [2.45, 2.75) is 30.7 Å². The Morgan fingerprint density at radius 1 is 1.48 bits per heavy atom. The summed E-state index contributed by atoms with van der Waals surface area (Å²) < 4.78 is 6.69. The van der Waals surface area contributed by atoms with Crippen molar-refractivity contribution in [3.8, 4) is 5.69 Å². The van der Waals surface area contributed by atoms with E-state index in [4.69, 9.17) is 21.7 Å². The number of aromatic amines is 1. The molecule has 0 saturated heterocycles. The number of aromatic nitrogens is 4. The number of H-pyrrole nitrogens is 1. The van der Waals surface area contributed by atoms with Gasteiger partial charge in [0.25, 0.3) is 0 Å². The molecule has 0 aliphatic rings. The number of fused-ring (bicyclic) bond motifs is 1. The largest absolute Gasteiger partial charge is 0.383 e. The van der Waals surface area contributed by atoms with Crippen LogP contribution in [0.15, 0.2) is 29.4 Å². The van der Waals surface area contributed by atoms with E-state index in [2.05, 4.69) is 20.5 Å². The Balaban J connectivity index is 2.07. The zero-order valence-corrected chi connectivity index (χ0v) is 18.0. The highest BCUT2D eigenvalue weighted by Gasteiger charge is 2.23. The Kier molecular flexibility index (Phi) is 6.94. The SMILES string of the molecule is CC[C@@H](Sc1nc2n[nH]c(C)c2c(=N)n1-c1cccc(Cl)c1)C(=O)NCCOC. The lowest BCUT2D eigenvalue weighted by atomic mass is 10.3. The smallest absolute Gasteiger partial charge is 0.233 e. The quantitative estimate of drug-likeness (QED) is 0.287. The second kappa shape index (κ2) is 9.43. The van der Waals surface area contributed by atoms with E-state index in [-0.39, 0.29) is 16.6 Å². The molecule has 10 heteroatoms. The van der Waals surface area contributed by atoms with Crippen LogP contribution < -0.4 is 10.8 Å². The zero-order valence-electron chi connectivity index (χ0n) is 16.5. The fraction of sp³-hybridized carbons (Fsp3) is 0.368. The van der Waals surface area contributed by atoms with Crippen molar-refractivity contribution in [1.29, 1.82) is 5.41 Å². The molecule has 0 aliphatic heterocycles. The summed E-state index contributed by atoms with van der Waals surface area (Å²) in [6.07, 6.45) is 0.603. The minimum absolute atomic E-state index is 0.0983. The number of halogens is 1. The average Bonchev–Trinajstić information content (AvgIpc) is 3.07. The predicted molar refractivity (Wildman–Crippen MR) is 114 cm³/mol. The van der Waals surface area contributed by atoms with Crippen LogP contribution in [-0.4, -0.2) is 51.2 Å². The van der Waals surface area contributed by atoms with Gasteiger partial charge in [-0.2, -0.15) is 5.10 Å². The average molecular weight is 435 g/mol. The van der Waals surface area contributed by atoms with Crippen LogP contribution in [-0.2, 0) is 9.53 Å². The molecule has 8 nitrogen and oxygen atoms in total. The Morgan fingerprint density at radius 3 is 2.97 bits per heavy atom. The van der Waals surface area contributed by atoms with Crippen LogP contribution in [0.25, 0.3) is 16.7 Å². The van der Waals surface area contributed by atoms with E-state index in [1.54, 1.807) is 23.8 Å². The molecule has 0 spiro atoms. The summed E-state index contributed by atoms with van der Waals surface area (Å²) >= 11 is 7.49. The molecule has 0 saturated carbocycles. The molecule has 1 aromatic carbocycles. The molecule has 3 rings (SSSR count). The summed E-state index contributed by atoms with van der Waals surface area (Å²) in [5.41, 5.74) is 2.15. The van der Waals surface area contributed by atoms with E-state index >= 15 is 0 Å². The number of amides is 1. The molecular weight excluding hydrogens is 412 g/mol. The first-order valence-corrected chi connectivity index (χ1v) is 10.4. The molecular formula is C19H23ClN6O2S. The van der Waals surface area contributed by atoms with E-state index in [0.717, 1.165) is 5.69 Å². The number of methoxy groups -OCH3 is 1. The van der Waals surface area contributed by atoms with Gasteiger partial charge in [0, 0.05) is 24.4 Å². The first-order chi connectivity index (χ1) is 14.0. The normalized spacial score (nSPS) is 12.3. The second-order valence-electron chi connectivity index (χ2n) is 6.40. The van der Waals surface area contributed by atoms with Crippen LogP contribution in [0.1, 0.15) is 19.0 Å². The lowest BCUT2D eigenvalue weighted by Gasteiger charge is -2.18. The molecule has 154 valence electrons. The number of thioether (sulfide) groups is 1. The highest BCUT2D eigenvalue weighted by Crippen LogP contribution is 2.27. The number of carbonyl (C=O) groups is 1. The summed E-state index contributed by atoms with van der Waals surface area (Å²) in [4.78, 5) is 17.2. The summed E-state index contributed by atoms with van der Waals surface area (Å²) in [6.45, 7) is 4.68. The Hall–Kier alpha value is -2.36. The van der Waals surface area contributed by atoms with Crippen LogP contribution in [0.5, 0.6) is 0 Å². The van der Waals surface area contributed by atoms with Gasteiger partial charge in [-0.15, -0.1) is 0 Å². The van der Waals surface area contributed by atoms with Crippen LogP contribution in [0.3, 0.4) is 0 Å². The number of ether oxygens (including phenoxy) is 1. The van der Waals surface area contributed by atoms with Crippen molar-refractivity contribution in [3.63, 3.8) is 0 Å². The van der Waals surface area contributed by atoms with E-state index in [9.17, 15) is 4.79 Å². The van der Waals surface area contributed by atoms with Gasteiger partial charge in [-0.1, -0.05) is 36.4 Å². The number of rotatable bonds is 8. The molecule has 0 aliphatic carbocycles. The molecule has 0 fully saturated rings. The third-order valence-electron chi connectivity index (χ3n) is 4.36. The Labute approximate surface area is 177 Å². The predicted octanol–water partition coefficient (Wildman–Crippen LogP) is 2.82. The molecule has 1 amide bonds. The minimum atomic E-state index is -0.373. The lowest BCUT2D eigenvalue weighted by Crippen LogP contribution is -2.35. The molecule has 0 bridgehead atoms. The van der Waals surface area contributed by atoms with E-state index in [1.807, 2.05) is 26.0 Å². The number of hydrogen-bond donors (Lipinski definition) is 3. The fourth-order valence-corrected chi connectivity index (χ4v) is 4.14. The van der Waals surface area contributed by atoms with Gasteiger partial charge in [-0.3, -0.25) is 19.9 Å². The van der Waals surface area contributed by atoms with Crippen LogP contribution >= 0.6 is 23.4 Å². The zero-order chi connectivity index (χ0) is 21.0. The maximum absolute atomic E-state index is 12.6. The van der Waals surface area contributed by atoms with Crippen molar-refractivity contribution in [1.82, 2.24) is 25.1 Å². The van der Waals surface area contributed by atoms with E-state index < -0.39 is 0 Å². The maximum Gasteiger partial charge on any atom is 0.233 e. The summed E-state index contributed by atoms with van der Waals surface area (Å²) in [5, 5.41) is 20.1. The number of hydrogen-bond acceptors (Lipinski definition) is 6. The molecule has 29 heavy (non-hydrogen) atoms. The van der Waals surface area contributed by atoms with Crippen LogP contribution in [0.2, 0.25) is 5.02 Å². The Bertz CT molecular complexity index is 1080. The van der Waals surface area contributed by atoms with Crippen molar-refractivity contribution >= 4 is 40.3 Å². The highest BCUT2D eigenvalue weighted by molar-refractivity contribution is 8.00. The standard InChI is InChI=1S/C19H23ClN6O2S/c1-4-14(18(27)22-8-9-28-3)29-19-23-17-15(11(2)24-25-17)16(21)26(19)13-7-5-6-12(20)10-13/h5-7,10,14,21H,4,8-9H2,1-3H3,(H,22,27)(H,24,25)/t14-/m1/s1. The Morgan fingerprint density at radius 2 is 2.28 bits per heavy atom. The van der Waals surface area contributed by atoms with Gasteiger partial charge >= 0.3 is 0 Å². The molecule has 0 unspecified atom stereocenters. The third kappa shape index (κ3) is 4.63. The van der Waals surface area contributed by atoms with Gasteiger partial charge in [-0.05, 0) is 31.5 Å². The lowest BCUT2D eigenvalue weighted by molar-refractivity contribution is -0.120. The van der Waals surface area contributed by atoms with Gasteiger partial charge in [0.05, 0.1) is 22.9 Å². The maximum atomic E-state index is 12.6. The van der Waals surface area contributed by atoms with E-state index in [1.165, 1.54) is 11.8 Å². The van der Waals surface area contributed by atoms with Crippen molar-refractivity contribution in [3.05, 3.63) is 40.5 Å². The fourth-order valence-electron chi connectivity index (χ4n) is 2.90. The molecule has 1 atom stereocenters. The number of aryl methyl sites for hydroxylation is 1. The van der Waals surface area contributed by atoms with Crippen LogP contribution in [0, 0.1) is 12.3 Å². The van der Waals surface area contributed by atoms with E-state index in [0.29, 0.717) is 46.5 Å². The minimum Gasteiger partial charge on any atom is -0.383 e. The number of carbonyl (C=O) groups excluding carboxylic acids is 1. The number of nitrogens with zero attached hydrogens (tertiary/aromatic N) is 3. The monoisotopic (exact) mass is 434 g/mol. The number of nitrogens with one attached hydrogen (secondary N) is 3. The summed E-state index contributed by atoms with van der Waals surface area (Å²) in [5.74, 6) is -0.0983. The molecule has 0 radical (unpaired) electrons. The number of benzene rings is 1. The van der Waals surface area contributed by atoms with Gasteiger partial charge < -0.3 is 10.1 Å². The van der Waals surface area contributed by atoms with Gasteiger partial charge in [0.15, 0.2) is 10.8 Å². The first-order valence-electron chi connectivity index (χ1n) is 9.17. The van der Waals surface area contributed by atoms with Gasteiger partial charge in [-0.25, -0.2) is 4.98 Å². The first kappa shape index (κ1) is 21.4. The molecule has 2 heterocycles. The van der Waals surface area contributed by atoms with Crippen molar-refractivity contribution in [2.24, 2.45) is 0 Å². The second-order valence-corrected chi connectivity index (χ2v) is 8.01. The van der Waals surface area contributed by atoms with Crippen molar-refractivity contribution < 1.29 is 9.53 Å². The molecule has 3 N–H and O–H groups in total. The van der Waals surface area contributed by atoms with Crippen LogP contribution in [0.4, 0.5) is 0 Å². The van der Waals surface area contributed by atoms with Crippen molar-refractivity contribution in [2.75, 3.05) is 20.3 Å². The van der Waals surface area contributed by atoms with Gasteiger partial charge in [0.2, 0.25) is 5.91 Å².